The highest BCUT2D eigenvalue weighted by Crippen LogP contribution is 3.10. The zero-order chi connectivity index (χ0) is 28.0. The number of rotatable bonds is 7. The third-order valence-corrected chi connectivity index (χ3v) is 11.0. The molecule has 6 aliphatic carbocycles. The fourth-order valence-electron chi connectivity index (χ4n) is 9.65. The summed E-state index contributed by atoms with van der Waals surface area (Å²) in [6.45, 7) is 0.354. The number of ether oxygens (including phenoxy) is 1. The first-order chi connectivity index (χ1) is 19.8. The third-order valence-electron chi connectivity index (χ3n) is 11.0. The van der Waals surface area contributed by atoms with Crippen LogP contribution in [0.15, 0.2) is 41.2 Å². The Kier molecular flexibility index (Phi) is 3.99. The molecule has 206 valence electrons. The quantitative estimate of drug-likeness (QED) is 0.282. The molecule has 0 atom stereocenters. The first-order valence-electron chi connectivity index (χ1n) is 13.7. The molecule has 12 heteroatoms. The first kappa shape index (κ1) is 23.0. The van der Waals surface area contributed by atoms with Crippen molar-refractivity contribution in [2.75, 3.05) is 11.9 Å². The highest BCUT2D eigenvalue weighted by Gasteiger charge is 3.13. The molecule has 0 saturated heterocycles. The van der Waals surface area contributed by atoms with Gasteiger partial charge in [-0.25, -0.2) is 4.98 Å². The van der Waals surface area contributed by atoms with Gasteiger partial charge in [-0.05, 0) is 70.9 Å². The number of carbonyl (C=O) groups excluding carboxylic acids is 3. The summed E-state index contributed by atoms with van der Waals surface area (Å²) in [5.41, 5.74) is 1.01. The average Bonchev–Trinajstić information content (AvgIpc) is 2.98. The molecular weight excluding hydrogens is 530 g/mol. The molecule has 2 aromatic carbocycles. The van der Waals surface area contributed by atoms with Crippen molar-refractivity contribution in [3.8, 4) is 5.75 Å². The number of H-pyrrole nitrogens is 1. The van der Waals surface area contributed by atoms with Crippen LogP contribution < -0.4 is 26.2 Å². The molecule has 1 aliphatic heterocycles. The summed E-state index contributed by atoms with van der Waals surface area (Å²) in [5.74, 6) is 0.215. The molecular formula is C29H23N5O7. The van der Waals surface area contributed by atoms with Crippen LogP contribution in [0.2, 0.25) is 0 Å². The van der Waals surface area contributed by atoms with E-state index in [9.17, 15) is 29.1 Å². The predicted octanol–water partition coefficient (Wildman–Crippen LogP) is 0.623. The van der Waals surface area contributed by atoms with Gasteiger partial charge in [0.1, 0.15) is 5.75 Å². The largest absolute Gasteiger partial charge is 0.482 e. The molecule has 41 heavy (non-hydrogen) atoms. The molecule has 0 bridgehead atoms. The lowest BCUT2D eigenvalue weighted by atomic mass is 8.92. The second-order valence-corrected chi connectivity index (χ2v) is 12.1. The summed E-state index contributed by atoms with van der Waals surface area (Å²) in [4.78, 5) is 68.9. The third kappa shape index (κ3) is 2.37. The van der Waals surface area contributed by atoms with Crippen molar-refractivity contribution in [1.29, 1.82) is 0 Å². The van der Waals surface area contributed by atoms with Crippen molar-refractivity contribution in [2.45, 2.75) is 13.1 Å². The molecule has 12 nitrogen and oxygen atoms in total. The maximum Gasteiger partial charge on any atom is 0.310 e. The SMILES string of the molecule is O=C1COc2ccc(CNC(=O)c3nc4ccc(CNC(=O)C56C7C8C5C5C6C7C85C(=O)O)cc4c(=O)[nH]3)cc2N1. The minimum absolute atomic E-state index is 0.00734. The Labute approximate surface area is 230 Å². The van der Waals surface area contributed by atoms with Gasteiger partial charge >= 0.3 is 5.97 Å². The van der Waals surface area contributed by atoms with Crippen LogP contribution in [0.5, 0.6) is 5.75 Å². The van der Waals surface area contributed by atoms with E-state index in [4.69, 9.17) is 4.74 Å². The highest BCUT2D eigenvalue weighted by molar-refractivity contribution is 5.98. The molecule has 6 saturated carbocycles. The molecule has 0 unspecified atom stereocenters. The Balaban J connectivity index is 0.860. The van der Waals surface area contributed by atoms with Crippen LogP contribution in [0, 0.1) is 46.3 Å². The molecule has 2 heterocycles. The van der Waals surface area contributed by atoms with Crippen LogP contribution in [-0.4, -0.2) is 45.4 Å². The molecule has 3 amide bonds. The van der Waals surface area contributed by atoms with Gasteiger partial charge in [0.15, 0.2) is 12.4 Å². The number of aromatic nitrogens is 2. The first-order valence-corrected chi connectivity index (χ1v) is 13.7. The number of hydrogen-bond acceptors (Lipinski definition) is 7. The molecule has 0 spiro atoms. The lowest BCUT2D eigenvalue weighted by Crippen LogP contribution is -3.12. The average molecular weight is 554 g/mol. The number of nitrogens with zero attached hydrogens (tertiary/aromatic N) is 1. The van der Waals surface area contributed by atoms with Gasteiger partial charge in [-0.1, -0.05) is 12.1 Å². The number of aliphatic carboxylic acids is 1. The van der Waals surface area contributed by atoms with Crippen LogP contribution in [-0.2, 0) is 27.5 Å². The fraction of sp³-hybridized carbons (Fsp3) is 0.379. The van der Waals surface area contributed by atoms with Crippen LogP contribution in [0.3, 0.4) is 0 Å². The number of aromatic amines is 1. The second-order valence-electron chi connectivity index (χ2n) is 12.1. The minimum atomic E-state index is -0.674. The maximum atomic E-state index is 13.2. The summed E-state index contributed by atoms with van der Waals surface area (Å²) in [6.07, 6.45) is 0. The van der Waals surface area contributed by atoms with E-state index in [-0.39, 0.29) is 78.3 Å². The number of anilines is 1. The standard InChI is InChI=1S/C29H23N5O7/c35-16-9-41-15-4-2-11(6-14(15)32-16)7-30-25(37)23-33-13-3-1-10(5-12(13)24(36)34-23)8-31-26(38)28-17-20-18(28)22-19(28)21(17)29(20,22)27(39)40/h1-6,17-22H,7-9H2,(H,30,37)(H,31,38)(H,32,35)(H,39,40)(H,33,34,36). The van der Waals surface area contributed by atoms with E-state index in [1.807, 2.05) is 0 Å². The van der Waals surface area contributed by atoms with E-state index in [1.54, 1.807) is 36.4 Å². The lowest BCUT2D eigenvalue weighted by molar-refractivity contribution is -0.626. The number of carboxylic acid groups (broad SMARTS) is 1. The maximum absolute atomic E-state index is 13.2. The fourth-order valence-corrected chi connectivity index (χ4v) is 9.65. The molecule has 7 aliphatic rings. The van der Waals surface area contributed by atoms with Gasteiger partial charge < -0.3 is 30.8 Å². The topological polar surface area (TPSA) is 180 Å². The summed E-state index contributed by atoms with van der Waals surface area (Å²) >= 11 is 0. The summed E-state index contributed by atoms with van der Waals surface area (Å²) < 4.78 is 5.34. The Morgan fingerprint density at radius 2 is 1.59 bits per heavy atom. The molecule has 0 radical (unpaired) electrons. The smallest absolute Gasteiger partial charge is 0.310 e. The van der Waals surface area contributed by atoms with E-state index in [0.29, 0.717) is 22.3 Å². The lowest BCUT2D eigenvalue weighted by Gasteiger charge is -3.09. The second kappa shape index (κ2) is 7.12. The van der Waals surface area contributed by atoms with Crippen molar-refractivity contribution in [2.24, 2.45) is 46.3 Å². The van der Waals surface area contributed by atoms with E-state index in [2.05, 4.69) is 25.9 Å². The van der Waals surface area contributed by atoms with E-state index in [0.717, 1.165) is 11.1 Å². The van der Waals surface area contributed by atoms with Gasteiger partial charge in [0.25, 0.3) is 17.4 Å². The number of carbonyl (C=O) groups is 4. The summed E-state index contributed by atoms with van der Waals surface area (Å²) in [7, 11) is 0. The van der Waals surface area contributed by atoms with Crippen molar-refractivity contribution in [3.05, 3.63) is 63.7 Å². The molecule has 10 rings (SSSR count). The number of fused-ring (bicyclic) bond motifs is 2. The van der Waals surface area contributed by atoms with Gasteiger partial charge in [0, 0.05) is 13.1 Å². The summed E-state index contributed by atoms with van der Waals surface area (Å²) in [6, 6.07) is 10.3. The number of amides is 3. The van der Waals surface area contributed by atoms with Crippen molar-refractivity contribution >= 4 is 40.3 Å². The van der Waals surface area contributed by atoms with Gasteiger partial charge in [-0.2, -0.15) is 0 Å². The van der Waals surface area contributed by atoms with Crippen LogP contribution >= 0.6 is 0 Å². The van der Waals surface area contributed by atoms with Gasteiger partial charge in [-0.15, -0.1) is 0 Å². The zero-order valence-electron chi connectivity index (χ0n) is 21.4. The number of carboxylic acids is 1. The van der Waals surface area contributed by atoms with Crippen LogP contribution in [0.1, 0.15) is 21.7 Å². The van der Waals surface area contributed by atoms with E-state index >= 15 is 0 Å². The normalized spacial score (nSPS) is 35.1. The zero-order valence-corrected chi connectivity index (χ0v) is 21.4. The number of hydrogen-bond donors (Lipinski definition) is 5. The molecule has 6 fully saturated rings. The van der Waals surface area contributed by atoms with Crippen molar-refractivity contribution in [1.82, 2.24) is 20.6 Å². The molecule has 3 aromatic rings. The van der Waals surface area contributed by atoms with E-state index in [1.165, 1.54) is 0 Å². The van der Waals surface area contributed by atoms with Gasteiger partial charge in [0.05, 0.1) is 27.4 Å². The molecule has 5 N–H and O–H groups in total. The monoisotopic (exact) mass is 553 g/mol. The summed E-state index contributed by atoms with van der Waals surface area (Å²) in [5, 5.41) is 18.4. The van der Waals surface area contributed by atoms with Gasteiger partial charge in [-0.3, -0.25) is 24.0 Å². The Morgan fingerprint density at radius 3 is 2.32 bits per heavy atom. The number of benzene rings is 2. The minimum Gasteiger partial charge on any atom is -0.482 e. The van der Waals surface area contributed by atoms with Gasteiger partial charge in [0.2, 0.25) is 5.91 Å². The van der Waals surface area contributed by atoms with Crippen molar-refractivity contribution in [3.63, 3.8) is 0 Å². The van der Waals surface area contributed by atoms with E-state index < -0.39 is 22.9 Å². The highest BCUT2D eigenvalue weighted by atomic mass is 16.5. The molecule has 1 aromatic heterocycles. The van der Waals surface area contributed by atoms with Crippen LogP contribution in [0.4, 0.5) is 5.69 Å². The number of nitrogens with one attached hydrogen (secondary N) is 4. The Hall–Kier alpha value is -4.74. The van der Waals surface area contributed by atoms with Crippen LogP contribution in [0.25, 0.3) is 10.9 Å². The Bertz CT molecular complexity index is 1810. The predicted molar refractivity (Wildman–Crippen MR) is 139 cm³/mol. The Morgan fingerprint density at radius 1 is 0.927 bits per heavy atom. The van der Waals surface area contributed by atoms with Crippen molar-refractivity contribution < 1.29 is 29.0 Å².